The van der Waals surface area contributed by atoms with Gasteiger partial charge in [-0.2, -0.15) is 24.5 Å². The molecule has 0 fully saturated rings. The Hall–Kier alpha value is -2.81. The Kier molecular flexibility index (Phi) is 4.03. The van der Waals surface area contributed by atoms with Crippen LogP contribution in [0.15, 0.2) is 39.8 Å². The SMILES string of the molecule is COC(=O)c1c(N)c2ccc(C(F)(F)F)cc2n(-c2ccsc2)c1=O. The van der Waals surface area contributed by atoms with Gasteiger partial charge in [-0.1, -0.05) is 6.07 Å². The largest absolute Gasteiger partial charge is 0.465 e. The smallest absolute Gasteiger partial charge is 0.416 e. The van der Waals surface area contributed by atoms with Gasteiger partial charge in [-0.3, -0.25) is 9.36 Å². The van der Waals surface area contributed by atoms with Gasteiger partial charge in [-0.05, 0) is 23.6 Å². The standard InChI is InChI=1S/C16H11F3N2O3S/c1-24-15(23)12-13(20)10-3-2-8(16(17,18)19)6-11(10)21(14(12)22)9-4-5-25-7-9/h2-7H,20H2,1H3. The van der Waals surface area contributed by atoms with E-state index in [1.165, 1.54) is 11.3 Å². The highest BCUT2D eigenvalue weighted by atomic mass is 32.1. The number of hydrogen-bond donors (Lipinski definition) is 1. The minimum absolute atomic E-state index is 0.0385. The zero-order valence-corrected chi connectivity index (χ0v) is 13.6. The summed E-state index contributed by atoms with van der Waals surface area (Å²) in [5.74, 6) is -0.951. The number of carbonyl (C=O) groups is 1. The van der Waals surface area contributed by atoms with Gasteiger partial charge in [0.1, 0.15) is 5.56 Å². The van der Waals surface area contributed by atoms with E-state index in [-0.39, 0.29) is 16.6 Å². The average molecular weight is 368 g/mol. The van der Waals surface area contributed by atoms with E-state index < -0.39 is 28.8 Å². The third-order valence-corrected chi connectivity index (χ3v) is 4.37. The molecular formula is C16H11F3N2O3S. The molecule has 0 unspecified atom stereocenters. The number of fused-ring (bicyclic) bond motifs is 1. The highest BCUT2D eigenvalue weighted by Gasteiger charge is 2.32. The van der Waals surface area contributed by atoms with Crippen molar-refractivity contribution in [3.05, 3.63) is 56.5 Å². The minimum Gasteiger partial charge on any atom is -0.465 e. The zero-order chi connectivity index (χ0) is 18.4. The van der Waals surface area contributed by atoms with Crippen molar-refractivity contribution in [3.63, 3.8) is 0 Å². The summed E-state index contributed by atoms with van der Waals surface area (Å²) in [6.07, 6.45) is -4.58. The summed E-state index contributed by atoms with van der Waals surface area (Å²) in [6, 6.07) is 4.39. The molecule has 130 valence electrons. The van der Waals surface area contributed by atoms with E-state index in [2.05, 4.69) is 4.74 Å². The summed E-state index contributed by atoms with van der Waals surface area (Å²) < 4.78 is 44.8. The van der Waals surface area contributed by atoms with Crippen LogP contribution >= 0.6 is 11.3 Å². The predicted molar refractivity (Wildman–Crippen MR) is 88.2 cm³/mol. The Labute approximate surface area is 143 Å². The summed E-state index contributed by atoms with van der Waals surface area (Å²) in [6.45, 7) is 0. The Morgan fingerprint density at radius 2 is 2.00 bits per heavy atom. The van der Waals surface area contributed by atoms with Crippen molar-refractivity contribution < 1.29 is 22.7 Å². The molecule has 2 N–H and O–H groups in total. The van der Waals surface area contributed by atoms with Gasteiger partial charge in [-0.25, -0.2) is 4.79 Å². The molecule has 1 aromatic carbocycles. The second-order valence-corrected chi connectivity index (χ2v) is 5.91. The number of benzene rings is 1. The van der Waals surface area contributed by atoms with E-state index in [1.807, 2.05) is 0 Å². The molecule has 0 saturated carbocycles. The van der Waals surface area contributed by atoms with Gasteiger partial charge in [0.25, 0.3) is 5.56 Å². The number of rotatable bonds is 2. The number of ether oxygens (including phenoxy) is 1. The molecule has 9 heteroatoms. The van der Waals surface area contributed by atoms with Crippen LogP contribution in [0.4, 0.5) is 18.9 Å². The normalized spacial score (nSPS) is 11.7. The van der Waals surface area contributed by atoms with Crippen molar-refractivity contribution in [3.8, 4) is 5.69 Å². The van der Waals surface area contributed by atoms with Gasteiger partial charge in [0, 0.05) is 10.8 Å². The molecule has 0 spiro atoms. The van der Waals surface area contributed by atoms with E-state index in [9.17, 15) is 22.8 Å². The number of anilines is 1. The Bertz CT molecular complexity index is 1020. The molecule has 2 aromatic heterocycles. The van der Waals surface area contributed by atoms with Crippen molar-refractivity contribution in [2.45, 2.75) is 6.18 Å². The Morgan fingerprint density at radius 1 is 1.28 bits per heavy atom. The quantitative estimate of drug-likeness (QED) is 0.703. The van der Waals surface area contributed by atoms with Crippen molar-refractivity contribution in [2.75, 3.05) is 12.8 Å². The Morgan fingerprint density at radius 3 is 2.56 bits per heavy atom. The summed E-state index contributed by atoms with van der Waals surface area (Å²) in [5, 5.41) is 3.40. The molecule has 0 aliphatic heterocycles. The van der Waals surface area contributed by atoms with E-state index >= 15 is 0 Å². The monoisotopic (exact) mass is 368 g/mol. The number of esters is 1. The van der Waals surface area contributed by atoms with E-state index in [1.54, 1.807) is 16.8 Å². The number of carbonyl (C=O) groups excluding carboxylic acids is 1. The van der Waals surface area contributed by atoms with Crippen LogP contribution in [-0.2, 0) is 10.9 Å². The lowest BCUT2D eigenvalue weighted by Gasteiger charge is -2.16. The summed E-state index contributed by atoms with van der Waals surface area (Å²) in [4.78, 5) is 24.7. The first-order valence-electron chi connectivity index (χ1n) is 6.92. The third kappa shape index (κ3) is 2.76. The molecule has 3 aromatic rings. The Balaban J connectivity index is 2.50. The van der Waals surface area contributed by atoms with Crippen LogP contribution in [0, 0.1) is 0 Å². The predicted octanol–water partition coefficient (Wildman–Crippen LogP) is 3.44. The lowest BCUT2D eigenvalue weighted by atomic mass is 10.1. The highest BCUT2D eigenvalue weighted by molar-refractivity contribution is 7.08. The number of nitrogens with two attached hydrogens (primary N) is 1. The molecule has 3 rings (SSSR count). The zero-order valence-electron chi connectivity index (χ0n) is 12.8. The first-order chi connectivity index (χ1) is 11.8. The fourth-order valence-corrected chi connectivity index (χ4v) is 3.15. The first-order valence-corrected chi connectivity index (χ1v) is 7.86. The minimum atomic E-state index is -4.58. The lowest BCUT2D eigenvalue weighted by Crippen LogP contribution is -2.28. The highest BCUT2D eigenvalue weighted by Crippen LogP contribution is 2.34. The molecule has 5 nitrogen and oxygen atoms in total. The lowest BCUT2D eigenvalue weighted by molar-refractivity contribution is -0.137. The molecular weight excluding hydrogens is 357 g/mol. The first kappa shape index (κ1) is 17.0. The van der Waals surface area contributed by atoms with Crippen LogP contribution in [0.3, 0.4) is 0 Å². The number of halogens is 3. The van der Waals surface area contributed by atoms with Crippen LogP contribution < -0.4 is 11.3 Å². The molecule has 2 heterocycles. The molecule has 25 heavy (non-hydrogen) atoms. The fraction of sp³-hybridized carbons (Fsp3) is 0.125. The van der Waals surface area contributed by atoms with Crippen LogP contribution in [0.5, 0.6) is 0 Å². The van der Waals surface area contributed by atoms with Crippen molar-refractivity contribution in [1.29, 1.82) is 0 Å². The van der Waals surface area contributed by atoms with E-state index in [0.29, 0.717) is 5.69 Å². The summed E-state index contributed by atoms with van der Waals surface area (Å²) in [5.41, 5.74) is 3.79. The maximum Gasteiger partial charge on any atom is 0.416 e. The summed E-state index contributed by atoms with van der Waals surface area (Å²) >= 11 is 1.26. The maximum atomic E-state index is 13.1. The second kappa shape index (κ2) is 5.92. The van der Waals surface area contributed by atoms with Crippen molar-refractivity contribution >= 4 is 33.9 Å². The molecule has 0 amide bonds. The number of aromatic nitrogens is 1. The van der Waals surface area contributed by atoms with E-state index in [0.717, 1.165) is 29.9 Å². The fourth-order valence-electron chi connectivity index (χ4n) is 2.53. The molecule has 0 bridgehead atoms. The topological polar surface area (TPSA) is 74.3 Å². The number of alkyl halides is 3. The number of pyridine rings is 1. The number of hydrogen-bond acceptors (Lipinski definition) is 5. The van der Waals surface area contributed by atoms with Gasteiger partial charge in [-0.15, -0.1) is 0 Å². The van der Waals surface area contributed by atoms with Gasteiger partial charge in [0.05, 0.1) is 29.6 Å². The van der Waals surface area contributed by atoms with Gasteiger partial charge >= 0.3 is 12.1 Å². The van der Waals surface area contributed by atoms with E-state index in [4.69, 9.17) is 5.73 Å². The number of thiophene rings is 1. The average Bonchev–Trinajstić information content (AvgIpc) is 3.07. The van der Waals surface area contributed by atoms with Crippen LogP contribution in [0.25, 0.3) is 16.6 Å². The maximum absolute atomic E-state index is 13.1. The molecule has 0 radical (unpaired) electrons. The third-order valence-electron chi connectivity index (χ3n) is 3.70. The van der Waals surface area contributed by atoms with Crippen molar-refractivity contribution in [2.24, 2.45) is 0 Å². The van der Waals surface area contributed by atoms with Crippen molar-refractivity contribution in [1.82, 2.24) is 4.57 Å². The number of nitrogen functional groups attached to an aromatic ring is 1. The summed E-state index contributed by atoms with van der Waals surface area (Å²) in [7, 11) is 1.09. The van der Waals surface area contributed by atoms with Crippen LogP contribution in [-0.4, -0.2) is 17.6 Å². The van der Waals surface area contributed by atoms with Crippen LogP contribution in [0.1, 0.15) is 15.9 Å². The van der Waals surface area contributed by atoms with Gasteiger partial charge in [0.15, 0.2) is 0 Å². The van der Waals surface area contributed by atoms with Gasteiger partial charge < -0.3 is 10.5 Å². The van der Waals surface area contributed by atoms with Gasteiger partial charge in [0.2, 0.25) is 0 Å². The molecule has 0 aliphatic carbocycles. The molecule has 0 atom stereocenters. The van der Waals surface area contributed by atoms with Crippen LogP contribution in [0.2, 0.25) is 0 Å². The molecule has 0 saturated heterocycles. The molecule has 0 aliphatic rings. The number of methoxy groups -OCH3 is 1. The second-order valence-electron chi connectivity index (χ2n) is 5.13. The number of nitrogens with zero attached hydrogens (tertiary/aromatic N) is 1.